The summed E-state index contributed by atoms with van der Waals surface area (Å²) in [6, 6.07) is 0.552. The van der Waals surface area contributed by atoms with Gasteiger partial charge in [-0.3, -0.25) is 4.99 Å². The lowest BCUT2D eigenvalue weighted by Gasteiger charge is -2.29. The normalized spacial score (nSPS) is 31.6. The first kappa shape index (κ1) is 8.57. The molecule has 0 aliphatic heterocycles. The van der Waals surface area contributed by atoms with Crippen LogP contribution >= 0.6 is 0 Å². The second kappa shape index (κ2) is 3.74. The predicted octanol–water partition coefficient (Wildman–Crippen LogP) is 1.94. The number of hydrogen-bond donors (Lipinski definition) is 1. The van der Waals surface area contributed by atoms with E-state index in [1.54, 1.807) is 0 Å². The molecule has 0 aromatic rings. The first-order chi connectivity index (χ1) is 5.22. The molecule has 0 amide bonds. The van der Waals surface area contributed by atoms with Gasteiger partial charge in [-0.2, -0.15) is 0 Å². The van der Waals surface area contributed by atoms with Gasteiger partial charge in [-0.1, -0.05) is 13.8 Å². The van der Waals surface area contributed by atoms with Crippen molar-refractivity contribution in [2.45, 2.75) is 45.6 Å². The fourth-order valence-electron chi connectivity index (χ4n) is 1.52. The zero-order valence-electron chi connectivity index (χ0n) is 7.51. The Morgan fingerprint density at radius 2 is 2.18 bits per heavy atom. The molecule has 1 fully saturated rings. The summed E-state index contributed by atoms with van der Waals surface area (Å²) in [4.78, 5) is 4.42. The number of rotatable bonds is 3. The average molecular weight is 154 g/mol. The van der Waals surface area contributed by atoms with Gasteiger partial charge in [-0.05, 0) is 25.2 Å². The summed E-state index contributed by atoms with van der Waals surface area (Å²) in [6.07, 6.45) is 4.55. The van der Waals surface area contributed by atoms with Crippen molar-refractivity contribution in [3.63, 3.8) is 0 Å². The van der Waals surface area contributed by atoms with Gasteiger partial charge in [0.05, 0.1) is 11.9 Å². The Morgan fingerprint density at radius 3 is 2.64 bits per heavy atom. The van der Waals surface area contributed by atoms with Crippen LogP contribution in [-0.2, 0) is 0 Å². The van der Waals surface area contributed by atoms with Crippen molar-refractivity contribution in [2.24, 2.45) is 16.6 Å². The van der Waals surface area contributed by atoms with E-state index >= 15 is 0 Å². The van der Waals surface area contributed by atoms with Crippen LogP contribution in [0.15, 0.2) is 4.99 Å². The molecule has 0 spiro atoms. The quantitative estimate of drug-likeness (QED) is 0.489. The highest BCUT2D eigenvalue weighted by Gasteiger charge is 2.24. The minimum atomic E-state index is 0.552. The average Bonchev–Trinajstić information content (AvgIpc) is 1.85. The largest absolute Gasteiger partial charge is 0.387 e. The van der Waals surface area contributed by atoms with Crippen LogP contribution in [0.3, 0.4) is 0 Å². The Hall–Kier alpha value is -0.530. The molecule has 0 saturated heterocycles. The van der Waals surface area contributed by atoms with Crippen LogP contribution in [0.4, 0.5) is 0 Å². The molecule has 0 unspecified atom stereocenters. The number of nitrogens with two attached hydrogens (primary N) is 1. The molecule has 0 atom stereocenters. The molecule has 0 radical (unpaired) electrons. The molecule has 2 heteroatoms. The lowest BCUT2D eigenvalue weighted by Crippen LogP contribution is -2.27. The Bertz CT molecular complexity index is 146. The maximum atomic E-state index is 5.69. The van der Waals surface area contributed by atoms with Crippen LogP contribution in [0.5, 0.6) is 0 Å². The summed E-state index contributed by atoms with van der Waals surface area (Å²) in [5.74, 6) is 1.72. The number of nitrogens with zero attached hydrogens (tertiary/aromatic N) is 1. The maximum absolute atomic E-state index is 5.69. The fraction of sp³-hybridized carbons (Fsp3) is 0.889. The molecule has 1 aliphatic carbocycles. The van der Waals surface area contributed by atoms with E-state index in [1.807, 2.05) is 0 Å². The molecule has 2 N–H and O–H groups in total. The molecule has 0 aromatic heterocycles. The Morgan fingerprint density at radius 1 is 1.55 bits per heavy atom. The van der Waals surface area contributed by atoms with Crippen molar-refractivity contribution in [1.82, 2.24) is 0 Å². The molecule has 1 aliphatic rings. The van der Waals surface area contributed by atoms with Gasteiger partial charge in [0.15, 0.2) is 0 Å². The van der Waals surface area contributed by atoms with Crippen LogP contribution in [-0.4, -0.2) is 11.9 Å². The molecule has 0 aromatic carbocycles. The molecule has 1 saturated carbocycles. The van der Waals surface area contributed by atoms with E-state index in [1.165, 1.54) is 12.8 Å². The van der Waals surface area contributed by atoms with Crippen molar-refractivity contribution in [3.05, 3.63) is 0 Å². The van der Waals surface area contributed by atoms with E-state index in [4.69, 9.17) is 5.73 Å². The Kier molecular flexibility index (Phi) is 2.92. The van der Waals surface area contributed by atoms with Gasteiger partial charge in [0.25, 0.3) is 0 Å². The van der Waals surface area contributed by atoms with Gasteiger partial charge >= 0.3 is 0 Å². The zero-order valence-corrected chi connectivity index (χ0v) is 7.51. The standard InChI is InChI=1S/C9H18N2/c1-3-4-9(10)11-8-5-7(2)6-8/h7-8H,3-6H2,1-2H3,(H2,10,11). The van der Waals surface area contributed by atoms with Crippen LogP contribution in [0.1, 0.15) is 39.5 Å². The number of hydrogen-bond acceptors (Lipinski definition) is 1. The highest BCUT2D eigenvalue weighted by Crippen LogP contribution is 2.29. The fourth-order valence-corrected chi connectivity index (χ4v) is 1.52. The molecule has 1 rings (SSSR count). The smallest absolute Gasteiger partial charge is 0.0940 e. The van der Waals surface area contributed by atoms with Crippen LogP contribution in [0.25, 0.3) is 0 Å². The molecule has 64 valence electrons. The van der Waals surface area contributed by atoms with Crippen molar-refractivity contribution < 1.29 is 0 Å². The monoisotopic (exact) mass is 154 g/mol. The van der Waals surface area contributed by atoms with Crippen LogP contribution in [0, 0.1) is 5.92 Å². The first-order valence-electron chi connectivity index (χ1n) is 4.54. The lowest BCUT2D eigenvalue weighted by molar-refractivity contribution is 0.291. The Balaban J connectivity index is 2.22. The summed E-state index contributed by atoms with van der Waals surface area (Å²) in [5, 5.41) is 0. The maximum Gasteiger partial charge on any atom is 0.0940 e. The van der Waals surface area contributed by atoms with Crippen molar-refractivity contribution in [3.8, 4) is 0 Å². The summed E-state index contributed by atoms with van der Waals surface area (Å²) >= 11 is 0. The second-order valence-electron chi connectivity index (χ2n) is 3.60. The minimum Gasteiger partial charge on any atom is -0.387 e. The van der Waals surface area contributed by atoms with Crippen LogP contribution in [0.2, 0.25) is 0 Å². The van der Waals surface area contributed by atoms with Crippen molar-refractivity contribution in [1.29, 1.82) is 0 Å². The lowest BCUT2D eigenvalue weighted by atomic mass is 9.82. The molecule has 2 nitrogen and oxygen atoms in total. The van der Waals surface area contributed by atoms with Gasteiger partial charge in [0.2, 0.25) is 0 Å². The Labute approximate surface area is 68.9 Å². The molecular weight excluding hydrogens is 136 g/mol. The third-order valence-corrected chi connectivity index (χ3v) is 2.20. The summed E-state index contributed by atoms with van der Waals surface area (Å²) in [5.41, 5.74) is 5.69. The van der Waals surface area contributed by atoms with Crippen LogP contribution < -0.4 is 5.73 Å². The summed E-state index contributed by atoms with van der Waals surface area (Å²) in [6.45, 7) is 4.40. The molecular formula is C9H18N2. The van der Waals surface area contributed by atoms with E-state index in [9.17, 15) is 0 Å². The van der Waals surface area contributed by atoms with Gasteiger partial charge in [-0.15, -0.1) is 0 Å². The third-order valence-electron chi connectivity index (χ3n) is 2.20. The van der Waals surface area contributed by atoms with Gasteiger partial charge in [0.1, 0.15) is 0 Å². The number of amidine groups is 1. The molecule has 0 heterocycles. The second-order valence-corrected chi connectivity index (χ2v) is 3.60. The third kappa shape index (κ3) is 2.52. The van der Waals surface area contributed by atoms with Gasteiger partial charge in [-0.25, -0.2) is 0 Å². The summed E-state index contributed by atoms with van der Waals surface area (Å²) < 4.78 is 0. The van der Waals surface area contributed by atoms with E-state index in [0.717, 1.165) is 24.6 Å². The topological polar surface area (TPSA) is 38.4 Å². The van der Waals surface area contributed by atoms with E-state index in [2.05, 4.69) is 18.8 Å². The zero-order chi connectivity index (χ0) is 8.27. The molecule has 11 heavy (non-hydrogen) atoms. The van der Waals surface area contributed by atoms with Gasteiger partial charge in [0, 0.05) is 6.42 Å². The minimum absolute atomic E-state index is 0.552. The van der Waals surface area contributed by atoms with E-state index < -0.39 is 0 Å². The summed E-state index contributed by atoms with van der Waals surface area (Å²) in [7, 11) is 0. The molecule has 0 bridgehead atoms. The van der Waals surface area contributed by atoms with E-state index in [0.29, 0.717) is 6.04 Å². The predicted molar refractivity (Wildman–Crippen MR) is 48.7 cm³/mol. The van der Waals surface area contributed by atoms with Crippen molar-refractivity contribution in [2.75, 3.05) is 0 Å². The first-order valence-corrected chi connectivity index (χ1v) is 4.54. The highest BCUT2D eigenvalue weighted by molar-refractivity contribution is 5.80. The van der Waals surface area contributed by atoms with E-state index in [-0.39, 0.29) is 0 Å². The van der Waals surface area contributed by atoms with Crippen molar-refractivity contribution >= 4 is 5.84 Å². The number of aliphatic imine (C=N–C) groups is 1. The van der Waals surface area contributed by atoms with Gasteiger partial charge < -0.3 is 5.73 Å². The highest BCUT2D eigenvalue weighted by atomic mass is 14.9. The SMILES string of the molecule is CCCC(N)=NC1CC(C)C1.